The molecule has 3 aromatic rings. The van der Waals surface area contributed by atoms with Gasteiger partial charge in [0.1, 0.15) is 25.3 Å². The molecule has 1 aliphatic rings. The van der Waals surface area contributed by atoms with E-state index in [-0.39, 0.29) is 44.7 Å². The number of hydrazone groups is 1. The van der Waals surface area contributed by atoms with Crippen LogP contribution in [0.3, 0.4) is 0 Å². The Morgan fingerprint density at radius 2 is 1.91 bits per heavy atom. The molecule has 1 atom stereocenters. The molecule has 2 aromatic carbocycles. The first kappa shape index (κ1) is 40.6. The smallest absolute Gasteiger partial charge is 0.407 e. The maximum Gasteiger partial charge on any atom is 0.407 e. The van der Waals surface area contributed by atoms with Crippen LogP contribution >= 0.6 is 11.6 Å². The Bertz CT molecular complexity index is 1840. The van der Waals surface area contributed by atoms with Crippen LogP contribution < -0.4 is 16.1 Å². The highest BCUT2D eigenvalue weighted by molar-refractivity contribution is 6.33. The van der Waals surface area contributed by atoms with Gasteiger partial charge in [0.15, 0.2) is 5.96 Å². The van der Waals surface area contributed by atoms with Crippen molar-refractivity contribution >= 4 is 48.3 Å². The van der Waals surface area contributed by atoms with Crippen LogP contribution in [0.4, 0.5) is 36.8 Å². The van der Waals surface area contributed by atoms with Crippen LogP contribution in [0.2, 0.25) is 5.02 Å². The summed E-state index contributed by atoms with van der Waals surface area (Å²) in [4.78, 5) is 35.3. The standard InChI is InChI=1S/C34H38ClF6N9O3/c1-33(2,3)11-12-44-31(42)49(29(51)21-5-9-24(26(36)13-21)22-15-46-48(16-22)23-7-8-23)28(17-53-32(52)45-18-34(39,40)41)20-6-10-25(35)27(14-20)50(30(37)38)47-19-43-4/h5-6,9-10,13-16,19,23,28,30H,4,7-8,11-12,17-18H2,1-3H3,(H2,42,44)(H,45,52)/b47-19-/t28-/m1/s1. The fourth-order valence-electron chi connectivity index (χ4n) is 4.94. The Labute approximate surface area is 306 Å². The fraction of sp³-hybridized carbons (Fsp3) is 0.412. The van der Waals surface area contributed by atoms with Crippen LogP contribution in [0, 0.1) is 11.2 Å². The number of ether oxygens (including phenoxy) is 1. The number of hydrogen-bond donors (Lipinski definition) is 2. The SMILES string of the molecule is C=N/C=N\N(c1cc([C@@H](COC(=O)NCC(F)(F)F)N(C(=O)c2ccc(-c3cnn(C4CC4)c3)c(F)c2)C(N)=NCCC(C)(C)C)ccc1Cl)C(F)F. The molecular formula is C34H38ClF6N9O3. The highest BCUT2D eigenvalue weighted by Crippen LogP contribution is 2.37. The molecule has 0 aliphatic heterocycles. The number of nitrogens with one attached hydrogen (secondary N) is 1. The van der Waals surface area contributed by atoms with Gasteiger partial charge in [-0.1, -0.05) is 44.5 Å². The number of halogens is 7. The van der Waals surface area contributed by atoms with E-state index >= 15 is 4.39 Å². The van der Waals surface area contributed by atoms with E-state index in [0.717, 1.165) is 36.2 Å². The van der Waals surface area contributed by atoms with Crippen LogP contribution in [-0.2, 0) is 4.74 Å². The molecule has 12 nitrogen and oxygen atoms in total. The number of hydrogen-bond acceptors (Lipinski definition) is 7. The predicted molar refractivity (Wildman–Crippen MR) is 189 cm³/mol. The quantitative estimate of drug-likeness (QED) is 0.0570. The van der Waals surface area contributed by atoms with Crippen molar-refractivity contribution in [3.63, 3.8) is 0 Å². The zero-order chi connectivity index (χ0) is 39.1. The topological polar surface area (TPSA) is 143 Å². The van der Waals surface area contributed by atoms with Crippen LogP contribution in [0.15, 0.2) is 63.9 Å². The number of rotatable bonds is 14. The number of carbonyl (C=O) groups is 2. The van der Waals surface area contributed by atoms with Crippen molar-refractivity contribution < 1.29 is 40.7 Å². The molecule has 1 aromatic heterocycles. The number of carbonyl (C=O) groups excluding carboxylic acids is 2. The highest BCUT2D eigenvalue weighted by atomic mass is 35.5. The van der Waals surface area contributed by atoms with E-state index in [1.807, 2.05) is 20.8 Å². The van der Waals surface area contributed by atoms with Crippen molar-refractivity contribution in [2.45, 2.75) is 64.8 Å². The van der Waals surface area contributed by atoms with Crippen molar-refractivity contribution in [3.8, 4) is 11.1 Å². The Balaban J connectivity index is 1.82. The summed E-state index contributed by atoms with van der Waals surface area (Å²) in [5, 5.41) is 9.34. The van der Waals surface area contributed by atoms with E-state index < -0.39 is 61.4 Å². The minimum absolute atomic E-state index is 0.0488. The molecule has 0 saturated heterocycles. The van der Waals surface area contributed by atoms with Gasteiger partial charge in [-0.2, -0.15) is 32.2 Å². The summed E-state index contributed by atoms with van der Waals surface area (Å²) < 4.78 is 89.3. The summed E-state index contributed by atoms with van der Waals surface area (Å²) in [6.07, 6.45) is 0.0138. The Morgan fingerprint density at radius 3 is 2.51 bits per heavy atom. The largest absolute Gasteiger partial charge is 0.447 e. The number of alkyl carbamates (subject to hydrolysis) is 1. The Hall–Kier alpha value is -5.13. The van der Waals surface area contributed by atoms with Crippen molar-refractivity contribution in [3.05, 3.63) is 70.8 Å². The number of nitrogens with two attached hydrogens (primary N) is 1. The normalized spacial score (nSPS) is 14.4. The van der Waals surface area contributed by atoms with Gasteiger partial charge >= 0.3 is 18.8 Å². The van der Waals surface area contributed by atoms with Gasteiger partial charge in [-0.15, -0.1) is 0 Å². The molecule has 1 saturated carbocycles. The molecule has 2 amide bonds. The third-order valence-electron chi connectivity index (χ3n) is 7.81. The van der Waals surface area contributed by atoms with Gasteiger partial charge in [-0.3, -0.25) is 24.4 Å². The van der Waals surface area contributed by atoms with Gasteiger partial charge < -0.3 is 15.8 Å². The monoisotopic (exact) mass is 769 g/mol. The van der Waals surface area contributed by atoms with Gasteiger partial charge in [0.2, 0.25) is 0 Å². The van der Waals surface area contributed by atoms with Crippen LogP contribution in [0.25, 0.3) is 11.1 Å². The molecule has 0 spiro atoms. The van der Waals surface area contributed by atoms with Gasteiger partial charge in [0, 0.05) is 29.4 Å². The minimum atomic E-state index is -4.78. The average Bonchev–Trinajstić information content (AvgIpc) is 3.81. The first-order chi connectivity index (χ1) is 24.9. The summed E-state index contributed by atoms with van der Waals surface area (Å²) in [7, 11) is 0. The summed E-state index contributed by atoms with van der Waals surface area (Å²) in [5.74, 6) is -2.21. The van der Waals surface area contributed by atoms with Crippen molar-refractivity contribution in [1.82, 2.24) is 20.0 Å². The van der Waals surface area contributed by atoms with Gasteiger partial charge in [-0.05, 0) is 61.2 Å². The number of alkyl halides is 5. The lowest BCUT2D eigenvalue weighted by molar-refractivity contribution is -0.123. The van der Waals surface area contributed by atoms with Gasteiger partial charge in [0.05, 0.1) is 29.0 Å². The molecule has 0 bridgehead atoms. The minimum Gasteiger partial charge on any atom is -0.447 e. The van der Waals surface area contributed by atoms with Crippen molar-refractivity contribution in [2.75, 3.05) is 24.7 Å². The highest BCUT2D eigenvalue weighted by Gasteiger charge is 2.34. The van der Waals surface area contributed by atoms with E-state index in [9.17, 15) is 31.5 Å². The maximum absolute atomic E-state index is 15.7. The summed E-state index contributed by atoms with van der Waals surface area (Å²) in [6.45, 7) is 3.19. The van der Waals surface area contributed by atoms with Crippen LogP contribution in [0.5, 0.6) is 0 Å². The van der Waals surface area contributed by atoms with Crippen molar-refractivity contribution in [1.29, 1.82) is 0 Å². The molecule has 0 radical (unpaired) electrons. The fourth-order valence-corrected chi connectivity index (χ4v) is 5.15. The number of aromatic nitrogens is 2. The van der Waals surface area contributed by atoms with Gasteiger partial charge in [-0.25, -0.2) is 14.2 Å². The summed E-state index contributed by atoms with van der Waals surface area (Å²) in [6, 6.07) is 5.89. The van der Waals surface area contributed by atoms with E-state index in [4.69, 9.17) is 22.1 Å². The zero-order valence-electron chi connectivity index (χ0n) is 29.0. The van der Waals surface area contributed by atoms with E-state index in [1.54, 1.807) is 16.2 Å². The van der Waals surface area contributed by atoms with Crippen LogP contribution in [0.1, 0.15) is 68.0 Å². The van der Waals surface area contributed by atoms with Crippen molar-refractivity contribution in [2.24, 2.45) is 26.2 Å². The number of anilines is 1. The molecule has 1 heterocycles. The molecule has 53 heavy (non-hydrogen) atoms. The maximum atomic E-state index is 15.7. The molecule has 0 unspecified atom stereocenters. The average molecular weight is 770 g/mol. The molecule has 4 rings (SSSR count). The Morgan fingerprint density at radius 1 is 1.19 bits per heavy atom. The number of aliphatic imine (C=N–C) groups is 2. The molecule has 3 N–H and O–H groups in total. The predicted octanol–water partition coefficient (Wildman–Crippen LogP) is 7.57. The molecule has 1 fully saturated rings. The zero-order valence-corrected chi connectivity index (χ0v) is 29.7. The first-order valence-electron chi connectivity index (χ1n) is 16.2. The lowest BCUT2D eigenvalue weighted by Gasteiger charge is -2.32. The molecule has 286 valence electrons. The third-order valence-corrected chi connectivity index (χ3v) is 8.13. The van der Waals surface area contributed by atoms with E-state index in [1.165, 1.54) is 30.5 Å². The molecular weight excluding hydrogens is 732 g/mol. The second-order valence-electron chi connectivity index (χ2n) is 13.2. The van der Waals surface area contributed by atoms with Gasteiger partial charge in [0.25, 0.3) is 5.91 Å². The van der Waals surface area contributed by atoms with E-state index in [0.29, 0.717) is 12.0 Å². The molecule has 19 heteroatoms. The lowest BCUT2D eigenvalue weighted by Crippen LogP contribution is -2.47. The summed E-state index contributed by atoms with van der Waals surface area (Å²) >= 11 is 6.27. The second-order valence-corrected chi connectivity index (χ2v) is 13.6. The first-order valence-corrected chi connectivity index (χ1v) is 16.6. The second kappa shape index (κ2) is 17.1. The van der Waals surface area contributed by atoms with Crippen LogP contribution in [-0.4, -0.2) is 78.1 Å². The molecule has 1 aliphatic carbocycles. The third kappa shape index (κ3) is 11.4. The number of benzene rings is 2. The Kier molecular flexibility index (Phi) is 13.1. The number of guanidine groups is 1. The van der Waals surface area contributed by atoms with E-state index in [2.05, 4.69) is 26.9 Å². The lowest BCUT2D eigenvalue weighted by atomic mass is 9.92. The number of nitrogens with zero attached hydrogens (tertiary/aromatic N) is 7. The summed E-state index contributed by atoms with van der Waals surface area (Å²) in [5.41, 5.74) is 6.13. The number of amides is 2.